The van der Waals surface area contributed by atoms with Crippen molar-refractivity contribution in [2.24, 2.45) is 0 Å². The summed E-state index contributed by atoms with van der Waals surface area (Å²) in [7, 11) is 0. The summed E-state index contributed by atoms with van der Waals surface area (Å²) in [5.74, 6) is 0. The molecule has 3 aliphatic heterocycles. The molecule has 0 radical (unpaired) electrons. The number of aromatic nitrogens is 1. The first-order valence-corrected chi connectivity index (χ1v) is 28.1. The van der Waals surface area contributed by atoms with E-state index in [0.717, 1.165) is 17.1 Å². The van der Waals surface area contributed by atoms with Crippen molar-refractivity contribution in [1.82, 2.24) is 4.57 Å². The molecule has 5 heterocycles. The predicted octanol–water partition coefficient (Wildman–Crippen LogP) is 18.2. The van der Waals surface area contributed by atoms with Gasteiger partial charge in [-0.2, -0.15) is 0 Å². The van der Waals surface area contributed by atoms with E-state index in [0.29, 0.717) is 0 Å². The third kappa shape index (κ3) is 6.88. The Morgan fingerprint density at radius 2 is 0.934 bits per heavy atom. The molecule has 0 aliphatic carbocycles. The van der Waals surface area contributed by atoms with Crippen LogP contribution >= 0.6 is 11.3 Å². The van der Waals surface area contributed by atoms with Crippen LogP contribution in [0.1, 0.15) is 105 Å². The summed E-state index contributed by atoms with van der Waals surface area (Å²) >= 11 is 1.89. The number of rotatable bonds is 4. The van der Waals surface area contributed by atoms with Gasteiger partial charge in [0.1, 0.15) is 0 Å². The minimum absolute atomic E-state index is 0.0187. The second-order valence-corrected chi connectivity index (χ2v) is 27.0. The highest BCUT2D eigenvalue weighted by molar-refractivity contribution is 7.26. The largest absolute Gasteiger partial charge is 0.311 e. The predicted molar refractivity (Wildman–Crippen MR) is 331 cm³/mol. The summed E-state index contributed by atoms with van der Waals surface area (Å²) in [5.41, 5.74) is 23.4. The van der Waals surface area contributed by atoms with E-state index < -0.39 is 0 Å². The molecule has 0 saturated heterocycles. The SMILES string of the molecule is CC(C)(C)c1ccc2c(c1)B1c3cc(C(C)(C)C)cc4c3N(c3cc(N(c5ccccc5)c5ccccc5)cc(c31)N2c1cccc2sc3ccccc3c12)c1cc(C(C)(C)C)cc2c3cc(C(C)(C)C)ccc3n-4c12. The van der Waals surface area contributed by atoms with E-state index in [4.69, 9.17) is 0 Å². The normalized spacial score (nSPS) is 14.0. The number of thiophene rings is 1. The third-order valence-corrected chi connectivity index (χ3v) is 18.0. The van der Waals surface area contributed by atoms with Crippen LogP contribution in [0.3, 0.4) is 0 Å². The van der Waals surface area contributed by atoms with E-state index >= 15 is 0 Å². The minimum Gasteiger partial charge on any atom is -0.311 e. The standard InChI is InChI=1S/C70H65BN4S/c1-67(2,3)42-30-32-54-50(34-42)51-35-44(69(7,8)9)38-59-65(51)74(54)60-39-45(70(10,11)12)37-53-66(60)75(59)58-41-48(72(46-22-15-13-16-23-46)47-24-17-14-18-25-47)40-57-64(58)71(53)52-36-43(68(4,5)6)31-33-55(52)73(57)56-27-21-29-62-63(56)49-26-19-20-28-61(49)76-62/h13-41H,1-12H3. The molecule has 0 spiro atoms. The van der Waals surface area contributed by atoms with Gasteiger partial charge >= 0.3 is 0 Å². The second kappa shape index (κ2) is 16.0. The average Bonchev–Trinajstić information content (AvgIpc) is 3.56. The molecule has 0 saturated carbocycles. The lowest BCUT2D eigenvalue weighted by Gasteiger charge is -2.47. The number of benzene rings is 9. The number of anilines is 9. The van der Waals surface area contributed by atoms with Crippen molar-refractivity contribution in [3.05, 3.63) is 198 Å². The Labute approximate surface area is 452 Å². The smallest absolute Gasteiger partial charge is 0.252 e. The van der Waals surface area contributed by atoms with E-state index in [1.165, 1.54) is 120 Å². The molecular formula is C70H65BN4S. The van der Waals surface area contributed by atoms with Crippen LogP contribution in [-0.2, 0) is 21.7 Å². The van der Waals surface area contributed by atoms with E-state index in [9.17, 15) is 0 Å². The second-order valence-electron chi connectivity index (χ2n) is 25.9. The molecule has 0 bridgehead atoms. The van der Waals surface area contributed by atoms with Crippen molar-refractivity contribution in [3.63, 3.8) is 0 Å². The maximum Gasteiger partial charge on any atom is 0.252 e. The van der Waals surface area contributed by atoms with Crippen LogP contribution in [-0.4, -0.2) is 11.3 Å². The van der Waals surface area contributed by atoms with Crippen molar-refractivity contribution >= 4 is 128 Å². The molecule has 14 rings (SSSR count). The fraction of sp³-hybridized carbons (Fsp3) is 0.229. The first-order valence-electron chi connectivity index (χ1n) is 27.3. The molecule has 11 aromatic rings. The van der Waals surface area contributed by atoms with Gasteiger partial charge in [0.15, 0.2) is 0 Å². The highest BCUT2D eigenvalue weighted by atomic mass is 32.1. The van der Waals surface area contributed by atoms with Crippen LogP contribution < -0.4 is 31.1 Å². The molecule has 0 N–H and O–H groups in total. The zero-order valence-corrected chi connectivity index (χ0v) is 46.8. The van der Waals surface area contributed by atoms with Gasteiger partial charge in [-0.25, -0.2) is 0 Å². The summed E-state index contributed by atoms with van der Waals surface area (Å²) in [5, 5.41) is 5.19. The Bertz CT molecular complexity index is 4190. The zero-order chi connectivity index (χ0) is 52.5. The number of nitrogens with zero attached hydrogens (tertiary/aromatic N) is 4. The molecule has 76 heavy (non-hydrogen) atoms. The number of hydrogen-bond acceptors (Lipinski definition) is 4. The Kier molecular flexibility index (Phi) is 9.89. The molecule has 6 heteroatoms. The topological polar surface area (TPSA) is 14.7 Å². The molecule has 3 aliphatic rings. The van der Waals surface area contributed by atoms with Gasteiger partial charge in [-0.3, -0.25) is 0 Å². The van der Waals surface area contributed by atoms with Gasteiger partial charge in [0, 0.05) is 59.4 Å². The lowest BCUT2D eigenvalue weighted by atomic mass is 9.33. The Balaban J connectivity index is 1.20. The molecule has 9 aromatic carbocycles. The Hall–Kier alpha value is -7.54. The molecule has 2 aromatic heterocycles. The van der Waals surface area contributed by atoms with Gasteiger partial charge in [0.2, 0.25) is 0 Å². The third-order valence-electron chi connectivity index (χ3n) is 16.8. The maximum atomic E-state index is 2.72. The van der Waals surface area contributed by atoms with E-state index in [1.807, 2.05) is 11.3 Å². The highest BCUT2D eigenvalue weighted by Crippen LogP contribution is 2.56. The molecular weight excluding hydrogens is 940 g/mol. The minimum atomic E-state index is -0.139. The molecule has 0 unspecified atom stereocenters. The van der Waals surface area contributed by atoms with Crippen molar-refractivity contribution in [2.45, 2.75) is 105 Å². The monoisotopic (exact) mass is 1000 g/mol. The molecule has 0 amide bonds. The van der Waals surface area contributed by atoms with Crippen LogP contribution in [0.15, 0.2) is 176 Å². The van der Waals surface area contributed by atoms with E-state index in [-0.39, 0.29) is 28.4 Å². The molecule has 4 nitrogen and oxygen atoms in total. The molecule has 374 valence electrons. The van der Waals surface area contributed by atoms with Gasteiger partial charge in [0.05, 0.1) is 39.5 Å². The summed E-state index contributed by atoms with van der Waals surface area (Å²) in [6.07, 6.45) is 0. The Morgan fingerprint density at radius 1 is 0.382 bits per heavy atom. The van der Waals surface area contributed by atoms with Crippen LogP contribution in [0.5, 0.6) is 0 Å². The summed E-state index contributed by atoms with van der Waals surface area (Å²) in [6.45, 7) is 28.3. The molecule has 0 fully saturated rings. The summed E-state index contributed by atoms with van der Waals surface area (Å²) in [4.78, 5) is 7.85. The zero-order valence-electron chi connectivity index (χ0n) is 46.0. The number of hydrogen-bond donors (Lipinski definition) is 0. The van der Waals surface area contributed by atoms with Crippen molar-refractivity contribution < 1.29 is 0 Å². The maximum absolute atomic E-state index is 2.72. The van der Waals surface area contributed by atoms with Gasteiger partial charge in [-0.1, -0.05) is 168 Å². The first-order chi connectivity index (χ1) is 36.2. The Morgan fingerprint density at radius 3 is 1.61 bits per heavy atom. The summed E-state index contributed by atoms with van der Waals surface area (Å²) < 4.78 is 5.25. The number of fused-ring (bicyclic) bond motifs is 12. The lowest BCUT2D eigenvalue weighted by Crippen LogP contribution is -2.62. The van der Waals surface area contributed by atoms with E-state index in [2.05, 4.69) is 278 Å². The van der Waals surface area contributed by atoms with Crippen molar-refractivity contribution in [2.75, 3.05) is 14.7 Å². The van der Waals surface area contributed by atoms with E-state index in [1.54, 1.807) is 0 Å². The first kappa shape index (κ1) is 47.0. The fourth-order valence-corrected chi connectivity index (χ4v) is 13.9. The van der Waals surface area contributed by atoms with Gasteiger partial charge in [0.25, 0.3) is 6.71 Å². The van der Waals surface area contributed by atoms with Crippen molar-refractivity contribution in [3.8, 4) is 5.69 Å². The quantitative estimate of drug-likeness (QED) is 0.163. The molecule has 0 atom stereocenters. The lowest BCUT2D eigenvalue weighted by molar-refractivity contribution is 0.590. The van der Waals surface area contributed by atoms with Crippen LogP contribution in [0.4, 0.5) is 51.2 Å². The van der Waals surface area contributed by atoms with Gasteiger partial charge < -0.3 is 19.3 Å². The van der Waals surface area contributed by atoms with Crippen LogP contribution in [0.25, 0.3) is 47.7 Å². The highest BCUT2D eigenvalue weighted by Gasteiger charge is 2.48. The summed E-state index contributed by atoms with van der Waals surface area (Å²) in [6, 6.07) is 67.9. The van der Waals surface area contributed by atoms with Crippen LogP contribution in [0, 0.1) is 0 Å². The fourth-order valence-electron chi connectivity index (χ4n) is 12.8. The average molecular weight is 1010 g/mol. The number of para-hydroxylation sites is 2. The van der Waals surface area contributed by atoms with Gasteiger partial charge in [-0.05, 0) is 151 Å². The van der Waals surface area contributed by atoms with Crippen molar-refractivity contribution in [1.29, 1.82) is 0 Å². The van der Waals surface area contributed by atoms with Gasteiger partial charge in [-0.15, -0.1) is 11.3 Å². The van der Waals surface area contributed by atoms with Crippen LogP contribution in [0.2, 0.25) is 0 Å².